The molecule has 0 aromatic carbocycles. The van der Waals surface area contributed by atoms with Crippen molar-refractivity contribution < 1.29 is 18.3 Å². The molecule has 0 aliphatic carbocycles. The maximum Gasteiger partial charge on any atom is 0.320 e. The number of nitrogens with zero attached hydrogens (tertiary/aromatic N) is 4. The van der Waals surface area contributed by atoms with E-state index >= 15 is 0 Å². The van der Waals surface area contributed by atoms with Crippen LogP contribution in [0, 0.1) is 5.82 Å². The van der Waals surface area contributed by atoms with Gasteiger partial charge in [0, 0.05) is 12.7 Å². The summed E-state index contributed by atoms with van der Waals surface area (Å²) in [6.07, 6.45) is 4.60. The topological polar surface area (TPSA) is 60.4 Å². The van der Waals surface area contributed by atoms with Crippen molar-refractivity contribution >= 4 is 22.5 Å². The van der Waals surface area contributed by atoms with Crippen molar-refractivity contribution in [3.8, 4) is 11.9 Å². The first-order valence-electron chi connectivity index (χ1n) is 9.57. The third-order valence-corrected chi connectivity index (χ3v) is 5.57. The lowest BCUT2D eigenvalue weighted by atomic mass is 9.94. The van der Waals surface area contributed by atoms with Crippen LogP contribution in [0.2, 0.25) is 5.15 Å². The van der Waals surface area contributed by atoms with Crippen LogP contribution in [0.3, 0.4) is 0 Å². The molecule has 0 bridgehead atoms. The van der Waals surface area contributed by atoms with Crippen molar-refractivity contribution in [1.29, 1.82) is 0 Å². The van der Waals surface area contributed by atoms with Gasteiger partial charge in [-0.3, -0.25) is 4.90 Å². The van der Waals surface area contributed by atoms with E-state index in [0.717, 1.165) is 25.0 Å². The molecule has 156 valence electrons. The smallest absolute Gasteiger partial charge is 0.320 e. The Bertz CT molecular complexity index is 979. The molecular weight excluding hydrogens is 402 g/mol. The average Bonchev–Trinajstić information content (AvgIpc) is 3.19. The fourth-order valence-electron chi connectivity index (χ4n) is 4.07. The van der Waals surface area contributed by atoms with E-state index in [4.69, 9.17) is 21.1 Å². The number of halogens is 3. The van der Waals surface area contributed by atoms with Crippen molar-refractivity contribution in [1.82, 2.24) is 19.9 Å². The maximum atomic E-state index is 14.6. The Morgan fingerprint density at radius 1 is 1.34 bits per heavy atom. The monoisotopic (exact) mass is 424 g/mol. The first kappa shape index (κ1) is 20.2. The molecular formula is C20H23ClF2N4O2. The summed E-state index contributed by atoms with van der Waals surface area (Å²) in [5.41, 5.74) is -0.100. The molecule has 29 heavy (non-hydrogen) atoms. The number of hydrogen-bond acceptors (Lipinski definition) is 6. The van der Waals surface area contributed by atoms with Gasteiger partial charge in [0.1, 0.15) is 17.7 Å². The summed E-state index contributed by atoms with van der Waals surface area (Å²) < 4.78 is 39.5. The quantitative estimate of drug-likeness (QED) is 0.675. The molecule has 2 saturated heterocycles. The molecule has 2 aromatic heterocycles. The lowest BCUT2D eigenvalue weighted by Gasteiger charge is -2.30. The van der Waals surface area contributed by atoms with Gasteiger partial charge in [-0.05, 0) is 52.2 Å². The Kier molecular flexibility index (Phi) is 5.11. The summed E-state index contributed by atoms with van der Waals surface area (Å²) in [7, 11) is 0. The molecule has 2 fully saturated rings. The number of ether oxygens (including phenoxy) is 2. The van der Waals surface area contributed by atoms with Crippen molar-refractivity contribution in [3.05, 3.63) is 29.1 Å². The van der Waals surface area contributed by atoms with Gasteiger partial charge in [-0.15, -0.1) is 0 Å². The third kappa shape index (κ3) is 3.88. The van der Waals surface area contributed by atoms with E-state index < -0.39 is 11.4 Å². The van der Waals surface area contributed by atoms with Crippen LogP contribution in [0.1, 0.15) is 40.0 Å². The zero-order valence-electron chi connectivity index (χ0n) is 16.6. The molecule has 4 heterocycles. The van der Waals surface area contributed by atoms with E-state index in [1.54, 1.807) is 0 Å². The van der Waals surface area contributed by atoms with Gasteiger partial charge in [0.25, 0.3) is 0 Å². The van der Waals surface area contributed by atoms with E-state index in [2.05, 4.69) is 19.9 Å². The Hall–Kier alpha value is -2.06. The summed E-state index contributed by atoms with van der Waals surface area (Å²) in [5, 5.41) is 0.0382. The highest BCUT2D eigenvalue weighted by molar-refractivity contribution is 6.30. The second kappa shape index (κ2) is 7.32. The lowest BCUT2D eigenvalue weighted by molar-refractivity contribution is 0.102. The second-order valence-corrected chi connectivity index (χ2v) is 8.99. The van der Waals surface area contributed by atoms with Crippen LogP contribution < -0.4 is 9.47 Å². The molecule has 6 nitrogen and oxygen atoms in total. The van der Waals surface area contributed by atoms with Gasteiger partial charge < -0.3 is 9.47 Å². The van der Waals surface area contributed by atoms with Crippen LogP contribution in [-0.4, -0.2) is 50.7 Å². The predicted molar refractivity (Wildman–Crippen MR) is 106 cm³/mol. The minimum Gasteiger partial charge on any atom is -0.471 e. The molecule has 0 spiro atoms. The van der Waals surface area contributed by atoms with Gasteiger partial charge >= 0.3 is 6.01 Å². The summed E-state index contributed by atoms with van der Waals surface area (Å²) in [4.78, 5) is 14.6. The fraction of sp³-hybridized carbons (Fsp3) is 0.550. The van der Waals surface area contributed by atoms with Gasteiger partial charge in [-0.25, -0.2) is 13.8 Å². The van der Waals surface area contributed by atoms with E-state index in [0.29, 0.717) is 24.7 Å². The first-order chi connectivity index (χ1) is 13.7. The van der Waals surface area contributed by atoms with Gasteiger partial charge in [-0.1, -0.05) is 11.6 Å². The van der Waals surface area contributed by atoms with Crippen LogP contribution in [-0.2, 0) is 0 Å². The van der Waals surface area contributed by atoms with Crippen LogP contribution in [0.25, 0.3) is 10.9 Å². The first-order valence-corrected chi connectivity index (χ1v) is 9.95. The van der Waals surface area contributed by atoms with Crippen LogP contribution in [0.4, 0.5) is 8.78 Å². The number of rotatable bonds is 4. The molecule has 2 aromatic rings. The second-order valence-electron chi connectivity index (χ2n) is 8.63. The highest BCUT2D eigenvalue weighted by atomic mass is 35.5. The molecule has 0 amide bonds. The van der Waals surface area contributed by atoms with Crippen LogP contribution >= 0.6 is 11.6 Å². The van der Waals surface area contributed by atoms with Crippen molar-refractivity contribution in [2.24, 2.45) is 0 Å². The van der Waals surface area contributed by atoms with E-state index in [1.807, 2.05) is 20.8 Å². The van der Waals surface area contributed by atoms with E-state index in [1.165, 1.54) is 6.20 Å². The van der Waals surface area contributed by atoms with Crippen molar-refractivity contribution in [2.75, 3.05) is 19.7 Å². The highest BCUT2D eigenvalue weighted by Gasteiger charge is 2.47. The van der Waals surface area contributed by atoms with Gasteiger partial charge in [-0.2, -0.15) is 9.97 Å². The maximum absolute atomic E-state index is 14.6. The molecule has 9 heteroatoms. The number of aromatic nitrogens is 3. The Morgan fingerprint density at radius 2 is 2.14 bits per heavy atom. The number of fused-ring (bicyclic) bond motifs is 2. The molecule has 2 aliphatic rings. The summed E-state index contributed by atoms with van der Waals surface area (Å²) >= 11 is 5.83. The normalized spacial score (nSPS) is 23.7. The molecule has 0 N–H and O–H groups in total. The standard InChI is InChI=1S/C20H23ClF2N4O2/c1-19(2,3)29-17-13-9-24-16(21)14(23)15(13)25-18(26-17)28-11-20-5-4-6-27(20)10-12(7-20)8-22/h8-9H,4-7,10-11H2,1-3H3/b12-8-/t20-/m0/s1. The third-order valence-electron chi connectivity index (χ3n) is 5.30. The molecule has 1 atom stereocenters. The van der Waals surface area contributed by atoms with Crippen LogP contribution in [0.15, 0.2) is 18.1 Å². The molecule has 0 radical (unpaired) electrons. The predicted octanol–water partition coefficient (Wildman–Crippen LogP) is 4.47. The van der Waals surface area contributed by atoms with Crippen molar-refractivity contribution in [2.45, 2.75) is 51.2 Å². The highest BCUT2D eigenvalue weighted by Crippen LogP contribution is 2.41. The average molecular weight is 425 g/mol. The molecule has 0 saturated carbocycles. The summed E-state index contributed by atoms with van der Waals surface area (Å²) in [6, 6.07) is -0.00294. The zero-order valence-corrected chi connectivity index (χ0v) is 17.4. The number of pyridine rings is 1. The van der Waals surface area contributed by atoms with Gasteiger partial charge in [0.2, 0.25) is 5.88 Å². The minimum atomic E-state index is -0.751. The number of hydrogen-bond donors (Lipinski definition) is 0. The zero-order chi connectivity index (χ0) is 20.8. The van der Waals surface area contributed by atoms with Gasteiger partial charge in [0.05, 0.1) is 17.3 Å². The largest absolute Gasteiger partial charge is 0.471 e. The fourth-order valence-corrected chi connectivity index (χ4v) is 4.21. The van der Waals surface area contributed by atoms with Crippen LogP contribution in [0.5, 0.6) is 11.9 Å². The minimum absolute atomic E-state index is 0.00294. The Labute approximate surface area is 172 Å². The Balaban J connectivity index is 1.68. The molecule has 0 unspecified atom stereocenters. The lowest BCUT2D eigenvalue weighted by Crippen LogP contribution is -2.43. The molecule has 2 aliphatic heterocycles. The Morgan fingerprint density at radius 3 is 2.86 bits per heavy atom. The summed E-state index contributed by atoms with van der Waals surface area (Å²) in [5.74, 6) is -0.573. The SMILES string of the molecule is CC(C)(C)Oc1nc(OC[C@@]23CCCN2C/C(=C\F)C3)nc2c(F)c(Cl)ncc12. The van der Waals surface area contributed by atoms with Gasteiger partial charge in [0.15, 0.2) is 11.0 Å². The van der Waals surface area contributed by atoms with E-state index in [-0.39, 0.29) is 34.7 Å². The van der Waals surface area contributed by atoms with Crippen molar-refractivity contribution in [3.63, 3.8) is 0 Å². The van der Waals surface area contributed by atoms with E-state index in [9.17, 15) is 8.78 Å². The summed E-state index contributed by atoms with van der Waals surface area (Å²) in [6.45, 7) is 7.37. The molecule has 4 rings (SSSR count).